The molecule has 1 aliphatic heterocycles. The zero-order chi connectivity index (χ0) is 12.5. The van der Waals surface area contributed by atoms with E-state index in [4.69, 9.17) is 10.5 Å². The summed E-state index contributed by atoms with van der Waals surface area (Å²) in [6.45, 7) is 0.464. The molecule has 1 amide bonds. The van der Waals surface area contributed by atoms with E-state index in [0.29, 0.717) is 13.0 Å². The fourth-order valence-electron chi connectivity index (χ4n) is 1.60. The van der Waals surface area contributed by atoms with Gasteiger partial charge in [-0.1, -0.05) is 0 Å². The number of carbonyl (C=O) groups excluding carboxylic acids is 1. The summed E-state index contributed by atoms with van der Waals surface area (Å²) < 4.78 is 31.2. The SMILES string of the molecule is NC1(C(=O)Nc2cc(F)ccc2F)CCOC1. The van der Waals surface area contributed by atoms with Crippen LogP contribution >= 0.6 is 0 Å². The van der Waals surface area contributed by atoms with E-state index in [1.165, 1.54) is 0 Å². The third-order valence-corrected chi connectivity index (χ3v) is 2.68. The lowest BCUT2D eigenvalue weighted by Gasteiger charge is -2.20. The minimum atomic E-state index is -1.17. The zero-order valence-corrected chi connectivity index (χ0v) is 9.00. The van der Waals surface area contributed by atoms with E-state index in [1.807, 2.05) is 0 Å². The second-order valence-electron chi connectivity index (χ2n) is 4.04. The van der Waals surface area contributed by atoms with Crippen LogP contribution in [0.1, 0.15) is 6.42 Å². The predicted molar refractivity (Wildman–Crippen MR) is 57.3 cm³/mol. The molecule has 0 spiro atoms. The highest BCUT2D eigenvalue weighted by Gasteiger charge is 2.38. The number of amides is 1. The number of ether oxygens (including phenoxy) is 1. The summed E-state index contributed by atoms with van der Waals surface area (Å²) in [5.74, 6) is -1.91. The Hall–Kier alpha value is -1.53. The molecular weight excluding hydrogens is 230 g/mol. The van der Waals surface area contributed by atoms with Gasteiger partial charge in [0.25, 0.3) is 0 Å². The van der Waals surface area contributed by atoms with Crippen LogP contribution < -0.4 is 11.1 Å². The molecule has 1 aliphatic rings. The lowest BCUT2D eigenvalue weighted by atomic mass is 9.99. The number of halogens is 2. The summed E-state index contributed by atoms with van der Waals surface area (Å²) in [6, 6.07) is 2.83. The quantitative estimate of drug-likeness (QED) is 0.813. The number of hydrogen-bond donors (Lipinski definition) is 2. The molecular formula is C11H12F2N2O2. The highest BCUT2D eigenvalue weighted by atomic mass is 19.1. The molecule has 0 aromatic heterocycles. The molecule has 1 aromatic rings. The summed E-state index contributed by atoms with van der Waals surface area (Å²) >= 11 is 0. The van der Waals surface area contributed by atoms with Gasteiger partial charge in [-0.25, -0.2) is 8.78 Å². The van der Waals surface area contributed by atoms with Crippen molar-refractivity contribution in [3.63, 3.8) is 0 Å². The molecule has 92 valence electrons. The van der Waals surface area contributed by atoms with Crippen molar-refractivity contribution in [1.82, 2.24) is 0 Å². The Morgan fingerprint density at radius 1 is 1.47 bits per heavy atom. The predicted octanol–water partition coefficient (Wildman–Crippen LogP) is 1.02. The molecule has 0 saturated carbocycles. The first-order valence-electron chi connectivity index (χ1n) is 5.14. The molecule has 0 aliphatic carbocycles. The molecule has 17 heavy (non-hydrogen) atoms. The summed E-state index contributed by atoms with van der Waals surface area (Å²) in [7, 11) is 0. The Labute approximate surface area is 96.7 Å². The van der Waals surface area contributed by atoms with E-state index < -0.39 is 23.1 Å². The van der Waals surface area contributed by atoms with Gasteiger partial charge in [-0.3, -0.25) is 4.79 Å². The van der Waals surface area contributed by atoms with Gasteiger partial charge in [-0.2, -0.15) is 0 Å². The standard InChI is InChI=1S/C11H12F2N2O2/c12-7-1-2-8(13)9(5-7)15-10(16)11(14)3-4-17-6-11/h1-2,5H,3-4,6,14H2,(H,15,16). The van der Waals surface area contributed by atoms with Crippen LogP contribution in [0, 0.1) is 11.6 Å². The number of benzene rings is 1. The molecule has 1 atom stereocenters. The monoisotopic (exact) mass is 242 g/mol. The Morgan fingerprint density at radius 2 is 2.24 bits per heavy atom. The third kappa shape index (κ3) is 2.42. The number of nitrogens with one attached hydrogen (secondary N) is 1. The molecule has 2 rings (SSSR count). The van der Waals surface area contributed by atoms with Crippen molar-refractivity contribution in [2.24, 2.45) is 5.73 Å². The normalized spacial score (nSPS) is 23.7. The Balaban J connectivity index is 2.15. The zero-order valence-electron chi connectivity index (χ0n) is 9.00. The first-order chi connectivity index (χ1) is 8.01. The van der Waals surface area contributed by atoms with E-state index in [9.17, 15) is 13.6 Å². The smallest absolute Gasteiger partial charge is 0.247 e. The van der Waals surface area contributed by atoms with Crippen molar-refractivity contribution in [3.05, 3.63) is 29.8 Å². The lowest BCUT2D eigenvalue weighted by Crippen LogP contribution is -2.51. The largest absolute Gasteiger partial charge is 0.379 e. The number of carbonyl (C=O) groups is 1. The van der Waals surface area contributed by atoms with Crippen molar-refractivity contribution in [1.29, 1.82) is 0 Å². The number of anilines is 1. The van der Waals surface area contributed by atoms with Crippen LogP contribution in [0.2, 0.25) is 0 Å². The van der Waals surface area contributed by atoms with E-state index in [-0.39, 0.29) is 12.3 Å². The maximum atomic E-state index is 13.3. The number of rotatable bonds is 2. The molecule has 0 radical (unpaired) electrons. The van der Waals surface area contributed by atoms with Gasteiger partial charge in [0.2, 0.25) is 5.91 Å². The highest BCUT2D eigenvalue weighted by molar-refractivity contribution is 5.98. The summed E-state index contributed by atoms with van der Waals surface area (Å²) in [6.07, 6.45) is 0.357. The van der Waals surface area contributed by atoms with Gasteiger partial charge < -0.3 is 15.8 Å². The summed E-state index contributed by atoms with van der Waals surface area (Å²) in [5, 5.41) is 2.27. The molecule has 1 heterocycles. The van der Waals surface area contributed by atoms with Crippen molar-refractivity contribution >= 4 is 11.6 Å². The van der Waals surface area contributed by atoms with E-state index in [1.54, 1.807) is 0 Å². The fourth-order valence-corrected chi connectivity index (χ4v) is 1.60. The summed E-state index contributed by atoms with van der Waals surface area (Å²) in [5.41, 5.74) is 4.40. The average molecular weight is 242 g/mol. The molecule has 6 heteroatoms. The van der Waals surface area contributed by atoms with E-state index in [0.717, 1.165) is 18.2 Å². The van der Waals surface area contributed by atoms with Crippen molar-refractivity contribution in [2.45, 2.75) is 12.0 Å². The molecule has 1 saturated heterocycles. The van der Waals surface area contributed by atoms with Crippen molar-refractivity contribution < 1.29 is 18.3 Å². The molecule has 1 aromatic carbocycles. The van der Waals surface area contributed by atoms with Gasteiger partial charge in [-0.15, -0.1) is 0 Å². The lowest BCUT2D eigenvalue weighted by molar-refractivity contribution is -0.121. The molecule has 3 N–H and O–H groups in total. The molecule has 1 fully saturated rings. The number of nitrogens with two attached hydrogens (primary N) is 1. The van der Waals surface area contributed by atoms with Crippen LogP contribution in [0.25, 0.3) is 0 Å². The second-order valence-corrected chi connectivity index (χ2v) is 4.04. The Morgan fingerprint density at radius 3 is 2.88 bits per heavy atom. The van der Waals surface area contributed by atoms with Crippen molar-refractivity contribution in [3.8, 4) is 0 Å². The fraction of sp³-hybridized carbons (Fsp3) is 0.364. The van der Waals surface area contributed by atoms with E-state index >= 15 is 0 Å². The topological polar surface area (TPSA) is 64.4 Å². The molecule has 4 nitrogen and oxygen atoms in total. The maximum absolute atomic E-state index is 13.3. The second kappa shape index (κ2) is 4.38. The highest BCUT2D eigenvalue weighted by Crippen LogP contribution is 2.20. The first kappa shape index (κ1) is 11.9. The minimum absolute atomic E-state index is 0.0791. The molecule has 0 bridgehead atoms. The summed E-state index contributed by atoms with van der Waals surface area (Å²) in [4.78, 5) is 11.8. The van der Waals surface area contributed by atoms with Gasteiger partial charge in [-0.05, 0) is 18.6 Å². The van der Waals surface area contributed by atoms with Crippen LogP contribution in [-0.2, 0) is 9.53 Å². The van der Waals surface area contributed by atoms with Gasteiger partial charge in [0, 0.05) is 12.7 Å². The van der Waals surface area contributed by atoms with Gasteiger partial charge in [0.05, 0.1) is 12.3 Å². The maximum Gasteiger partial charge on any atom is 0.247 e. The van der Waals surface area contributed by atoms with Crippen molar-refractivity contribution in [2.75, 3.05) is 18.5 Å². The van der Waals surface area contributed by atoms with Crippen LogP contribution in [0.5, 0.6) is 0 Å². The Bertz CT molecular complexity index is 445. The van der Waals surface area contributed by atoms with Crippen LogP contribution in [0.3, 0.4) is 0 Å². The van der Waals surface area contributed by atoms with Gasteiger partial charge >= 0.3 is 0 Å². The van der Waals surface area contributed by atoms with Gasteiger partial charge in [0.1, 0.15) is 17.2 Å². The molecule has 1 unspecified atom stereocenters. The third-order valence-electron chi connectivity index (χ3n) is 2.68. The average Bonchev–Trinajstić information content (AvgIpc) is 2.72. The number of hydrogen-bond acceptors (Lipinski definition) is 3. The van der Waals surface area contributed by atoms with Crippen LogP contribution in [0.15, 0.2) is 18.2 Å². The van der Waals surface area contributed by atoms with Gasteiger partial charge in [0.15, 0.2) is 0 Å². The minimum Gasteiger partial charge on any atom is -0.379 e. The van der Waals surface area contributed by atoms with E-state index in [2.05, 4.69) is 5.32 Å². The first-order valence-corrected chi connectivity index (χ1v) is 5.14. The van der Waals surface area contributed by atoms with Crippen LogP contribution in [-0.4, -0.2) is 24.7 Å². The van der Waals surface area contributed by atoms with Crippen LogP contribution in [0.4, 0.5) is 14.5 Å². The Kier molecular flexibility index (Phi) is 3.08.